The van der Waals surface area contributed by atoms with Gasteiger partial charge in [-0.1, -0.05) is 0 Å². The van der Waals surface area contributed by atoms with Crippen LogP contribution in [0.15, 0.2) is 24.5 Å². The monoisotopic (exact) mass is 332 g/mol. The van der Waals surface area contributed by atoms with E-state index < -0.39 is 24.3 Å². The van der Waals surface area contributed by atoms with Gasteiger partial charge in [0.2, 0.25) is 0 Å². The number of rotatable bonds is 0. The maximum absolute atomic E-state index is 10.6. The van der Waals surface area contributed by atoms with Crippen molar-refractivity contribution < 1.29 is 46.1 Å². The molecule has 0 unspecified atom stereocenters. The van der Waals surface area contributed by atoms with E-state index in [4.69, 9.17) is 25.1 Å². The molecule has 1 heterocycles. The summed E-state index contributed by atoms with van der Waals surface area (Å²) in [5.41, 5.74) is 0.604. The second kappa shape index (κ2) is 9.16. The Hall–Kier alpha value is -2.84. The standard InChI is InChI=1S/C6H4N2.2C2HF3O2/c7-4-6-2-1-3-8-5-6;2*3-2(4,5)1(6)7/h1-3,5H;2*(H,6,7). The Morgan fingerprint density at radius 1 is 1.05 bits per heavy atom. The van der Waals surface area contributed by atoms with Crippen molar-refractivity contribution in [2.24, 2.45) is 0 Å². The summed E-state index contributed by atoms with van der Waals surface area (Å²) >= 11 is 0. The van der Waals surface area contributed by atoms with Crippen LogP contribution in [-0.4, -0.2) is 39.5 Å². The van der Waals surface area contributed by atoms with Gasteiger partial charge in [0.05, 0.1) is 5.56 Å². The molecule has 0 aromatic carbocycles. The average molecular weight is 332 g/mol. The van der Waals surface area contributed by atoms with Gasteiger partial charge in [0, 0.05) is 12.4 Å². The van der Waals surface area contributed by atoms with E-state index in [9.17, 15) is 26.3 Å². The summed E-state index contributed by atoms with van der Waals surface area (Å²) in [6, 6.07) is 5.41. The quantitative estimate of drug-likeness (QED) is 0.705. The normalized spacial score (nSPS) is 10.0. The van der Waals surface area contributed by atoms with E-state index in [2.05, 4.69) is 4.98 Å². The molecular weight excluding hydrogens is 326 g/mol. The topological polar surface area (TPSA) is 111 Å². The minimum atomic E-state index is -5.08. The minimum absolute atomic E-state index is 0.604. The maximum atomic E-state index is 10.6. The van der Waals surface area contributed by atoms with E-state index in [1.807, 2.05) is 6.07 Å². The van der Waals surface area contributed by atoms with Crippen molar-refractivity contribution in [3.05, 3.63) is 30.1 Å². The van der Waals surface area contributed by atoms with Crippen LogP contribution >= 0.6 is 0 Å². The van der Waals surface area contributed by atoms with Crippen LogP contribution in [0.4, 0.5) is 26.3 Å². The first-order valence-electron chi connectivity index (χ1n) is 4.72. The molecule has 6 nitrogen and oxygen atoms in total. The van der Waals surface area contributed by atoms with E-state index in [-0.39, 0.29) is 0 Å². The van der Waals surface area contributed by atoms with Gasteiger partial charge in [-0.05, 0) is 12.1 Å². The molecule has 0 bridgehead atoms. The zero-order valence-corrected chi connectivity index (χ0v) is 10.2. The van der Waals surface area contributed by atoms with Gasteiger partial charge in [0.15, 0.2) is 0 Å². The highest BCUT2D eigenvalue weighted by molar-refractivity contribution is 5.73. The molecule has 0 saturated heterocycles. The Labute approximate surface area is 118 Å². The highest BCUT2D eigenvalue weighted by Crippen LogP contribution is 2.13. The van der Waals surface area contributed by atoms with E-state index in [0.717, 1.165) is 0 Å². The minimum Gasteiger partial charge on any atom is -0.475 e. The molecule has 0 radical (unpaired) electrons. The van der Waals surface area contributed by atoms with Crippen molar-refractivity contribution in [3.63, 3.8) is 0 Å². The number of pyridine rings is 1. The molecule has 1 rings (SSSR count). The van der Waals surface area contributed by atoms with Gasteiger partial charge in [-0.2, -0.15) is 31.6 Å². The summed E-state index contributed by atoms with van der Waals surface area (Å²) in [4.78, 5) is 21.5. The highest BCUT2D eigenvalue weighted by atomic mass is 19.4. The van der Waals surface area contributed by atoms with Gasteiger partial charge in [-0.15, -0.1) is 0 Å². The smallest absolute Gasteiger partial charge is 0.475 e. The number of hydrogen-bond acceptors (Lipinski definition) is 4. The SMILES string of the molecule is N#Cc1cccnc1.O=C(O)C(F)(F)F.O=C(O)C(F)(F)F. The number of aliphatic carboxylic acids is 2. The Balaban J connectivity index is 0. The predicted octanol–water partition coefficient (Wildman–Crippen LogP) is 2.22. The lowest BCUT2D eigenvalue weighted by atomic mass is 10.3. The van der Waals surface area contributed by atoms with Crippen LogP contribution in [0.3, 0.4) is 0 Å². The molecule has 0 aliphatic carbocycles. The Morgan fingerprint density at radius 2 is 1.41 bits per heavy atom. The predicted molar refractivity (Wildman–Crippen MR) is 56.3 cm³/mol. The van der Waals surface area contributed by atoms with Crippen LogP contribution in [0.2, 0.25) is 0 Å². The van der Waals surface area contributed by atoms with Crippen LogP contribution in [0, 0.1) is 11.3 Å². The zero-order chi connectivity index (χ0) is 18.0. The summed E-state index contributed by atoms with van der Waals surface area (Å²) in [6.07, 6.45) is -7.00. The van der Waals surface area contributed by atoms with E-state index in [1.54, 1.807) is 18.3 Å². The number of nitriles is 1. The third-order valence-electron chi connectivity index (χ3n) is 1.28. The molecular formula is C10H6F6N2O4. The molecule has 0 amide bonds. The molecule has 2 N–H and O–H groups in total. The number of hydrogen-bond donors (Lipinski definition) is 2. The van der Waals surface area contributed by atoms with Crippen LogP contribution in [0.1, 0.15) is 5.56 Å². The molecule has 12 heteroatoms. The van der Waals surface area contributed by atoms with Crippen molar-refractivity contribution in [2.75, 3.05) is 0 Å². The van der Waals surface area contributed by atoms with Gasteiger partial charge in [-0.3, -0.25) is 4.98 Å². The summed E-state index contributed by atoms with van der Waals surface area (Å²) in [5, 5.41) is 22.5. The Bertz CT molecular complexity index is 497. The van der Waals surface area contributed by atoms with E-state index in [1.165, 1.54) is 6.20 Å². The first kappa shape index (κ1) is 21.5. The summed E-state index contributed by atoms with van der Waals surface area (Å²) in [5.74, 6) is -5.51. The highest BCUT2D eigenvalue weighted by Gasteiger charge is 2.38. The van der Waals surface area contributed by atoms with Crippen LogP contribution in [0.25, 0.3) is 0 Å². The summed E-state index contributed by atoms with van der Waals surface area (Å²) < 4.78 is 63.5. The second-order valence-corrected chi connectivity index (χ2v) is 2.96. The average Bonchev–Trinajstić information content (AvgIpc) is 2.39. The fourth-order valence-electron chi connectivity index (χ4n) is 0.429. The molecule has 0 saturated carbocycles. The van der Waals surface area contributed by atoms with Crippen molar-refractivity contribution in [3.8, 4) is 6.07 Å². The van der Waals surface area contributed by atoms with Crippen molar-refractivity contribution in [2.45, 2.75) is 12.4 Å². The third-order valence-corrected chi connectivity index (χ3v) is 1.28. The molecule has 1 aromatic rings. The van der Waals surface area contributed by atoms with Crippen LogP contribution < -0.4 is 0 Å². The molecule has 0 aliphatic heterocycles. The van der Waals surface area contributed by atoms with Gasteiger partial charge >= 0.3 is 24.3 Å². The fraction of sp³-hybridized carbons (Fsp3) is 0.200. The van der Waals surface area contributed by atoms with Crippen LogP contribution in [0.5, 0.6) is 0 Å². The molecule has 1 aromatic heterocycles. The Kier molecular flexibility index (Phi) is 8.94. The number of carboxylic acids is 2. The molecule has 22 heavy (non-hydrogen) atoms. The van der Waals surface area contributed by atoms with Crippen molar-refractivity contribution >= 4 is 11.9 Å². The third kappa shape index (κ3) is 12.2. The van der Waals surface area contributed by atoms with E-state index >= 15 is 0 Å². The first-order valence-corrected chi connectivity index (χ1v) is 4.72. The van der Waals surface area contributed by atoms with Gasteiger partial charge < -0.3 is 10.2 Å². The molecule has 0 aliphatic rings. The molecule has 122 valence electrons. The van der Waals surface area contributed by atoms with Crippen molar-refractivity contribution in [1.29, 1.82) is 5.26 Å². The first-order chi connectivity index (χ1) is 9.82. The number of aromatic nitrogens is 1. The molecule has 0 spiro atoms. The molecule has 0 atom stereocenters. The largest absolute Gasteiger partial charge is 0.490 e. The van der Waals surface area contributed by atoms with Gasteiger partial charge in [0.25, 0.3) is 0 Å². The number of alkyl halides is 6. The van der Waals surface area contributed by atoms with Gasteiger partial charge in [-0.25, -0.2) is 9.59 Å². The second-order valence-electron chi connectivity index (χ2n) is 2.96. The summed E-state index contributed by atoms with van der Waals surface area (Å²) in [6.45, 7) is 0. The maximum Gasteiger partial charge on any atom is 0.490 e. The zero-order valence-electron chi connectivity index (χ0n) is 10.2. The molecule has 0 fully saturated rings. The number of nitrogens with zero attached hydrogens (tertiary/aromatic N) is 2. The van der Waals surface area contributed by atoms with Gasteiger partial charge in [0.1, 0.15) is 6.07 Å². The fourth-order valence-corrected chi connectivity index (χ4v) is 0.429. The number of carboxylic acid groups (broad SMARTS) is 2. The Morgan fingerprint density at radius 3 is 1.55 bits per heavy atom. The number of halogens is 6. The van der Waals surface area contributed by atoms with E-state index in [0.29, 0.717) is 5.56 Å². The lowest BCUT2D eigenvalue weighted by molar-refractivity contribution is -0.193. The van der Waals surface area contributed by atoms with Crippen LogP contribution in [-0.2, 0) is 9.59 Å². The van der Waals surface area contributed by atoms with Crippen molar-refractivity contribution in [1.82, 2.24) is 4.98 Å². The lowest BCUT2D eigenvalue weighted by Crippen LogP contribution is -2.21. The lowest BCUT2D eigenvalue weighted by Gasteiger charge is -1.93. The number of carbonyl (C=O) groups is 2. The summed E-state index contributed by atoms with van der Waals surface area (Å²) in [7, 11) is 0.